The van der Waals surface area contributed by atoms with E-state index in [1.807, 2.05) is 24.3 Å². The van der Waals surface area contributed by atoms with Crippen molar-refractivity contribution < 1.29 is 20.1 Å². The largest absolute Gasteiger partial charge is 0.394 e. The maximum atomic E-state index is 9.72. The molecule has 4 N–H and O–H groups in total. The number of aliphatic hydroxyl groups is 3. The standard InChI is InChI=1S/C11H14BrNO4/c12-6-1-3-7(4-2-6)13-11-10(16)9(15)8(5-14)17-11/h1-4,8-11,13-16H,5H2/t8-,9+,10+,11+/m0/s1. The first kappa shape index (κ1) is 12.8. The van der Waals surface area contributed by atoms with Crippen LogP contribution in [0.15, 0.2) is 28.7 Å². The number of nitrogens with one attached hydrogen (secondary N) is 1. The molecule has 0 bridgehead atoms. The number of ether oxygens (including phenoxy) is 1. The molecule has 0 amide bonds. The van der Waals surface area contributed by atoms with Gasteiger partial charge in [-0.25, -0.2) is 0 Å². The molecule has 17 heavy (non-hydrogen) atoms. The van der Waals surface area contributed by atoms with E-state index in [4.69, 9.17) is 9.84 Å². The molecule has 0 radical (unpaired) electrons. The van der Waals surface area contributed by atoms with Crippen molar-refractivity contribution in [2.75, 3.05) is 11.9 Å². The summed E-state index contributed by atoms with van der Waals surface area (Å²) in [5.74, 6) is 0. The van der Waals surface area contributed by atoms with Gasteiger partial charge in [0.15, 0.2) is 6.23 Å². The SMILES string of the molecule is OC[C@@H]1O[C@@H](Nc2ccc(Br)cc2)[C@H](O)[C@@H]1O. The van der Waals surface area contributed by atoms with E-state index in [0.29, 0.717) is 0 Å². The molecule has 0 saturated carbocycles. The molecule has 0 aliphatic carbocycles. The zero-order chi connectivity index (χ0) is 12.4. The molecular formula is C11H14BrNO4. The van der Waals surface area contributed by atoms with Crippen LogP contribution in [0.25, 0.3) is 0 Å². The average Bonchev–Trinajstić information content (AvgIpc) is 2.60. The van der Waals surface area contributed by atoms with Gasteiger partial charge in [0.1, 0.15) is 18.3 Å². The lowest BCUT2D eigenvalue weighted by molar-refractivity contribution is -0.0153. The van der Waals surface area contributed by atoms with Gasteiger partial charge in [-0.05, 0) is 24.3 Å². The summed E-state index contributed by atoms with van der Waals surface area (Å²) in [6.07, 6.45) is -3.61. The first-order valence-corrected chi connectivity index (χ1v) is 6.05. The Hall–Kier alpha value is -0.660. The van der Waals surface area contributed by atoms with E-state index in [1.165, 1.54) is 0 Å². The molecule has 1 fully saturated rings. The quantitative estimate of drug-likeness (QED) is 0.646. The molecule has 6 heteroatoms. The summed E-state index contributed by atoms with van der Waals surface area (Å²) in [6, 6.07) is 7.34. The fraction of sp³-hybridized carbons (Fsp3) is 0.455. The van der Waals surface area contributed by atoms with Crippen LogP contribution in [0.5, 0.6) is 0 Å². The van der Waals surface area contributed by atoms with E-state index in [-0.39, 0.29) is 6.61 Å². The van der Waals surface area contributed by atoms with Crippen LogP contribution in [0.2, 0.25) is 0 Å². The predicted molar refractivity (Wildman–Crippen MR) is 65.5 cm³/mol. The Morgan fingerprint density at radius 2 is 1.82 bits per heavy atom. The maximum absolute atomic E-state index is 9.72. The molecule has 94 valence electrons. The number of benzene rings is 1. The Morgan fingerprint density at radius 3 is 2.35 bits per heavy atom. The van der Waals surface area contributed by atoms with Crippen LogP contribution in [-0.2, 0) is 4.74 Å². The van der Waals surface area contributed by atoms with Crippen LogP contribution in [0, 0.1) is 0 Å². The van der Waals surface area contributed by atoms with Crippen molar-refractivity contribution in [2.24, 2.45) is 0 Å². The maximum Gasteiger partial charge on any atom is 0.157 e. The Balaban J connectivity index is 2.02. The molecule has 1 aromatic carbocycles. The van der Waals surface area contributed by atoms with Crippen molar-refractivity contribution in [3.05, 3.63) is 28.7 Å². The van der Waals surface area contributed by atoms with E-state index in [2.05, 4.69) is 21.2 Å². The van der Waals surface area contributed by atoms with Gasteiger partial charge in [0.05, 0.1) is 6.61 Å². The molecule has 1 aliphatic rings. The van der Waals surface area contributed by atoms with Gasteiger partial charge >= 0.3 is 0 Å². The topological polar surface area (TPSA) is 82.0 Å². The van der Waals surface area contributed by atoms with Crippen LogP contribution < -0.4 is 5.32 Å². The van der Waals surface area contributed by atoms with Crippen LogP contribution in [0.1, 0.15) is 0 Å². The molecule has 1 saturated heterocycles. The van der Waals surface area contributed by atoms with Gasteiger partial charge in [-0.3, -0.25) is 0 Å². The Kier molecular flexibility index (Phi) is 4.01. The molecule has 5 nitrogen and oxygen atoms in total. The Bertz CT molecular complexity index is 372. The van der Waals surface area contributed by atoms with Crippen LogP contribution in [0.4, 0.5) is 5.69 Å². The third-order valence-corrected chi connectivity index (χ3v) is 3.22. The number of aliphatic hydroxyl groups excluding tert-OH is 3. The minimum Gasteiger partial charge on any atom is -0.394 e. The van der Waals surface area contributed by atoms with Crippen molar-refractivity contribution in [1.82, 2.24) is 0 Å². The van der Waals surface area contributed by atoms with Crippen molar-refractivity contribution in [1.29, 1.82) is 0 Å². The Labute approximate surface area is 107 Å². The fourth-order valence-electron chi connectivity index (χ4n) is 1.73. The lowest BCUT2D eigenvalue weighted by Crippen LogP contribution is -2.36. The van der Waals surface area contributed by atoms with Gasteiger partial charge in [0.2, 0.25) is 0 Å². The Morgan fingerprint density at radius 1 is 1.18 bits per heavy atom. The van der Waals surface area contributed by atoms with Gasteiger partial charge in [0, 0.05) is 10.2 Å². The summed E-state index contributed by atoms with van der Waals surface area (Å²) in [7, 11) is 0. The number of halogens is 1. The van der Waals surface area contributed by atoms with Gasteiger partial charge < -0.3 is 25.4 Å². The third kappa shape index (κ3) is 2.78. The predicted octanol–water partition coefficient (Wildman–Crippen LogP) is 0.300. The van der Waals surface area contributed by atoms with Crippen LogP contribution >= 0.6 is 15.9 Å². The molecule has 0 aromatic heterocycles. The van der Waals surface area contributed by atoms with Gasteiger partial charge in [0.25, 0.3) is 0 Å². The van der Waals surface area contributed by atoms with E-state index in [1.54, 1.807) is 0 Å². The summed E-state index contributed by atoms with van der Waals surface area (Å²) in [5, 5.41) is 31.2. The van der Waals surface area contributed by atoms with Crippen LogP contribution in [0.3, 0.4) is 0 Å². The number of anilines is 1. The summed E-state index contributed by atoms with van der Waals surface area (Å²) >= 11 is 3.32. The van der Waals surface area contributed by atoms with E-state index in [9.17, 15) is 10.2 Å². The first-order chi connectivity index (χ1) is 8.11. The highest BCUT2D eigenvalue weighted by Crippen LogP contribution is 2.23. The minimum atomic E-state index is -1.08. The van der Waals surface area contributed by atoms with E-state index < -0.39 is 24.5 Å². The molecule has 0 spiro atoms. The van der Waals surface area contributed by atoms with E-state index in [0.717, 1.165) is 10.2 Å². The van der Waals surface area contributed by atoms with E-state index >= 15 is 0 Å². The van der Waals surface area contributed by atoms with Crippen LogP contribution in [-0.4, -0.2) is 46.5 Å². The molecular weight excluding hydrogens is 290 g/mol. The molecule has 2 rings (SSSR count). The number of hydrogen-bond donors (Lipinski definition) is 4. The lowest BCUT2D eigenvalue weighted by atomic mass is 10.1. The van der Waals surface area contributed by atoms with Crippen molar-refractivity contribution >= 4 is 21.6 Å². The smallest absolute Gasteiger partial charge is 0.157 e. The highest BCUT2D eigenvalue weighted by atomic mass is 79.9. The second kappa shape index (κ2) is 5.32. The highest BCUT2D eigenvalue weighted by Gasteiger charge is 2.42. The lowest BCUT2D eigenvalue weighted by Gasteiger charge is -2.17. The summed E-state index contributed by atoms with van der Waals surface area (Å²) in [5.41, 5.74) is 0.767. The van der Waals surface area contributed by atoms with Crippen molar-refractivity contribution in [3.8, 4) is 0 Å². The monoisotopic (exact) mass is 303 g/mol. The highest BCUT2D eigenvalue weighted by molar-refractivity contribution is 9.10. The molecule has 1 aliphatic heterocycles. The zero-order valence-electron chi connectivity index (χ0n) is 8.95. The summed E-state index contributed by atoms with van der Waals surface area (Å²) < 4.78 is 6.24. The molecule has 1 aromatic rings. The van der Waals surface area contributed by atoms with Gasteiger partial charge in [-0.2, -0.15) is 0 Å². The second-order valence-electron chi connectivity index (χ2n) is 3.91. The number of rotatable bonds is 3. The summed E-state index contributed by atoms with van der Waals surface area (Å²) in [6.45, 7) is -0.323. The molecule has 4 atom stereocenters. The molecule has 0 unspecified atom stereocenters. The normalized spacial score (nSPS) is 32.7. The summed E-state index contributed by atoms with van der Waals surface area (Å²) in [4.78, 5) is 0. The van der Waals surface area contributed by atoms with Crippen molar-refractivity contribution in [3.63, 3.8) is 0 Å². The molecule has 1 heterocycles. The first-order valence-electron chi connectivity index (χ1n) is 5.26. The third-order valence-electron chi connectivity index (χ3n) is 2.70. The van der Waals surface area contributed by atoms with Gasteiger partial charge in [-0.1, -0.05) is 15.9 Å². The second-order valence-corrected chi connectivity index (χ2v) is 4.83. The zero-order valence-corrected chi connectivity index (χ0v) is 10.5. The average molecular weight is 304 g/mol. The van der Waals surface area contributed by atoms with Crippen molar-refractivity contribution in [2.45, 2.75) is 24.5 Å². The minimum absolute atomic E-state index is 0.323. The number of hydrogen-bond acceptors (Lipinski definition) is 5. The van der Waals surface area contributed by atoms with Gasteiger partial charge in [-0.15, -0.1) is 0 Å². The fourth-order valence-corrected chi connectivity index (χ4v) is 1.99.